The average molecular weight is 451 g/mol. The first kappa shape index (κ1) is 24.2. The van der Waals surface area contributed by atoms with Crippen LogP contribution in [0.2, 0.25) is 0 Å². The van der Waals surface area contributed by atoms with E-state index in [4.69, 9.17) is 18.9 Å². The maximum Gasteiger partial charge on any atom is 0.332 e. The number of hydrogen-bond acceptors (Lipinski definition) is 7. The average Bonchev–Trinajstić information content (AvgIpc) is 2.78. The predicted molar refractivity (Wildman–Crippen MR) is 125 cm³/mol. The fraction of sp³-hybridized carbons (Fsp3) is 0.346. The molecule has 0 atom stereocenters. The van der Waals surface area contributed by atoms with Crippen LogP contribution >= 0.6 is 0 Å². The SMILES string of the molecule is COc1ccc(Cc2cc(-c3cccc(OCCOCC(=O)OC(C)(C)C)c3)ncn2)cc1. The van der Waals surface area contributed by atoms with Gasteiger partial charge in [-0.3, -0.25) is 0 Å². The minimum atomic E-state index is -0.521. The van der Waals surface area contributed by atoms with Gasteiger partial charge in [0.2, 0.25) is 0 Å². The molecule has 2 aromatic carbocycles. The topological polar surface area (TPSA) is 79.8 Å². The summed E-state index contributed by atoms with van der Waals surface area (Å²) in [6, 6.07) is 17.6. The van der Waals surface area contributed by atoms with E-state index in [0.717, 1.165) is 28.3 Å². The Morgan fingerprint density at radius 1 is 0.939 bits per heavy atom. The van der Waals surface area contributed by atoms with Gasteiger partial charge in [-0.1, -0.05) is 24.3 Å². The third-order valence-corrected chi connectivity index (χ3v) is 4.53. The van der Waals surface area contributed by atoms with E-state index >= 15 is 0 Å². The minimum absolute atomic E-state index is 0.0986. The number of ether oxygens (including phenoxy) is 4. The van der Waals surface area contributed by atoms with Crippen LogP contribution in [-0.4, -0.2) is 48.5 Å². The van der Waals surface area contributed by atoms with Crippen LogP contribution in [-0.2, 0) is 20.7 Å². The zero-order valence-electron chi connectivity index (χ0n) is 19.5. The number of rotatable bonds is 10. The first-order valence-electron chi connectivity index (χ1n) is 10.8. The van der Waals surface area contributed by atoms with Crippen LogP contribution in [0.4, 0.5) is 0 Å². The third-order valence-electron chi connectivity index (χ3n) is 4.53. The van der Waals surface area contributed by atoms with Crippen LogP contribution in [0.5, 0.6) is 11.5 Å². The Morgan fingerprint density at radius 2 is 1.73 bits per heavy atom. The maximum absolute atomic E-state index is 11.7. The molecule has 0 bridgehead atoms. The van der Waals surface area contributed by atoms with E-state index in [0.29, 0.717) is 18.8 Å². The lowest BCUT2D eigenvalue weighted by Crippen LogP contribution is -2.27. The van der Waals surface area contributed by atoms with Crippen molar-refractivity contribution in [2.75, 3.05) is 26.9 Å². The Morgan fingerprint density at radius 3 is 2.45 bits per heavy atom. The van der Waals surface area contributed by atoms with Crippen molar-refractivity contribution in [1.29, 1.82) is 0 Å². The van der Waals surface area contributed by atoms with E-state index in [-0.39, 0.29) is 13.2 Å². The molecular weight excluding hydrogens is 420 g/mol. The number of benzene rings is 2. The predicted octanol–water partition coefficient (Wildman–Crippen LogP) is 4.48. The Labute approximate surface area is 194 Å². The summed E-state index contributed by atoms with van der Waals surface area (Å²) < 4.78 is 21.5. The number of nitrogens with zero attached hydrogens (tertiary/aromatic N) is 2. The van der Waals surface area contributed by atoms with Gasteiger partial charge in [-0.25, -0.2) is 14.8 Å². The van der Waals surface area contributed by atoms with Crippen LogP contribution in [0.3, 0.4) is 0 Å². The second-order valence-corrected chi connectivity index (χ2v) is 8.43. The molecule has 0 saturated heterocycles. The van der Waals surface area contributed by atoms with Gasteiger partial charge >= 0.3 is 5.97 Å². The maximum atomic E-state index is 11.7. The monoisotopic (exact) mass is 450 g/mol. The Balaban J connectivity index is 1.53. The van der Waals surface area contributed by atoms with Gasteiger partial charge in [0.15, 0.2) is 0 Å². The molecule has 7 heteroatoms. The Bertz CT molecular complexity index is 1050. The lowest BCUT2D eigenvalue weighted by Gasteiger charge is -2.19. The molecule has 0 aliphatic rings. The van der Waals surface area contributed by atoms with Crippen molar-refractivity contribution < 1.29 is 23.7 Å². The molecule has 174 valence electrons. The molecule has 0 aliphatic heterocycles. The molecule has 1 aromatic heterocycles. The molecule has 7 nitrogen and oxygen atoms in total. The molecule has 0 aliphatic carbocycles. The van der Waals surface area contributed by atoms with E-state index in [1.54, 1.807) is 13.4 Å². The van der Waals surface area contributed by atoms with Crippen LogP contribution in [0, 0.1) is 0 Å². The Kier molecular flexibility index (Phi) is 8.38. The Hall–Kier alpha value is -3.45. The highest BCUT2D eigenvalue weighted by Gasteiger charge is 2.16. The molecule has 0 amide bonds. The van der Waals surface area contributed by atoms with Gasteiger partial charge < -0.3 is 18.9 Å². The molecule has 1 heterocycles. The first-order valence-corrected chi connectivity index (χ1v) is 10.8. The van der Waals surface area contributed by atoms with E-state index < -0.39 is 11.6 Å². The molecule has 0 N–H and O–H groups in total. The van der Waals surface area contributed by atoms with Crippen molar-refractivity contribution in [1.82, 2.24) is 9.97 Å². The third kappa shape index (κ3) is 8.20. The van der Waals surface area contributed by atoms with E-state index in [2.05, 4.69) is 9.97 Å². The quantitative estimate of drug-likeness (QED) is 0.333. The van der Waals surface area contributed by atoms with E-state index in [1.165, 1.54) is 0 Å². The van der Waals surface area contributed by atoms with Crippen molar-refractivity contribution in [3.8, 4) is 22.8 Å². The van der Waals surface area contributed by atoms with Crippen molar-refractivity contribution in [3.63, 3.8) is 0 Å². The summed E-state index contributed by atoms with van der Waals surface area (Å²) in [4.78, 5) is 20.5. The van der Waals surface area contributed by atoms with Gasteiger partial charge in [0.05, 0.1) is 19.4 Å². The van der Waals surface area contributed by atoms with Gasteiger partial charge in [0, 0.05) is 17.7 Å². The van der Waals surface area contributed by atoms with Crippen molar-refractivity contribution in [2.45, 2.75) is 32.8 Å². The van der Waals surface area contributed by atoms with Crippen LogP contribution in [0.25, 0.3) is 11.3 Å². The van der Waals surface area contributed by atoms with Crippen molar-refractivity contribution >= 4 is 5.97 Å². The molecular formula is C26H30N2O5. The molecule has 0 fully saturated rings. The van der Waals surface area contributed by atoms with Crippen LogP contribution in [0.1, 0.15) is 32.0 Å². The minimum Gasteiger partial charge on any atom is -0.497 e. The van der Waals surface area contributed by atoms with Crippen molar-refractivity contribution in [2.24, 2.45) is 0 Å². The summed E-state index contributed by atoms with van der Waals surface area (Å²) in [5.41, 5.74) is 3.30. The van der Waals surface area contributed by atoms with Gasteiger partial charge in [0.1, 0.15) is 36.6 Å². The van der Waals surface area contributed by atoms with Gasteiger partial charge in [-0.15, -0.1) is 0 Å². The number of esters is 1. The number of carbonyl (C=O) groups excluding carboxylic acids is 1. The number of carbonyl (C=O) groups is 1. The second kappa shape index (κ2) is 11.4. The summed E-state index contributed by atoms with van der Waals surface area (Å²) >= 11 is 0. The first-order chi connectivity index (χ1) is 15.8. The molecule has 0 radical (unpaired) electrons. The molecule has 33 heavy (non-hydrogen) atoms. The fourth-order valence-corrected chi connectivity index (χ4v) is 3.09. The van der Waals surface area contributed by atoms with Crippen LogP contribution < -0.4 is 9.47 Å². The fourth-order valence-electron chi connectivity index (χ4n) is 3.09. The molecule has 0 spiro atoms. The number of methoxy groups -OCH3 is 1. The molecule has 3 aromatic rings. The lowest BCUT2D eigenvalue weighted by molar-refractivity contribution is -0.160. The summed E-state index contributed by atoms with van der Waals surface area (Å²) in [6.45, 7) is 5.96. The van der Waals surface area contributed by atoms with Gasteiger partial charge in [0.25, 0.3) is 0 Å². The normalized spacial score (nSPS) is 11.2. The highest BCUT2D eigenvalue weighted by molar-refractivity contribution is 5.71. The van der Waals surface area contributed by atoms with E-state index in [9.17, 15) is 4.79 Å². The number of aromatic nitrogens is 2. The van der Waals surface area contributed by atoms with E-state index in [1.807, 2.05) is 75.4 Å². The molecule has 0 unspecified atom stereocenters. The zero-order valence-corrected chi connectivity index (χ0v) is 19.5. The highest BCUT2D eigenvalue weighted by Crippen LogP contribution is 2.23. The summed E-state index contributed by atoms with van der Waals surface area (Å²) in [5.74, 6) is 1.14. The summed E-state index contributed by atoms with van der Waals surface area (Å²) in [5, 5.41) is 0. The number of hydrogen-bond donors (Lipinski definition) is 0. The zero-order chi connectivity index (χ0) is 23.7. The molecule has 0 saturated carbocycles. The van der Waals surface area contributed by atoms with Gasteiger partial charge in [-0.05, 0) is 56.7 Å². The largest absolute Gasteiger partial charge is 0.497 e. The van der Waals surface area contributed by atoms with Crippen molar-refractivity contribution in [3.05, 3.63) is 72.2 Å². The smallest absolute Gasteiger partial charge is 0.332 e. The van der Waals surface area contributed by atoms with Gasteiger partial charge in [-0.2, -0.15) is 0 Å². The molecule has 3 rings (SSSR count). The lowest BCUT2D eigenvalue weighted by atomic mass is 10.1. The van der Waals surface area contributed by atoms with Crippen LogP contribution in [0.15, 0.2) is 60.9 Å². The second-order valence-electron chi connectivity index (χ2n) is 8.43. The summed E-state index contributed by atoms with van der Waals surface area (Å²) in [6.07, 6.45) is 2.27. The standard InChI is InChI=1S/C26H30N2O5/c1-26(2,3)33-25(29)17-31-12-13-32-23-7-5-6-20(15-23)24-16-21(27-18-28-24)14-19-8-10-22(30-4)11-9-19/h5-11,15-16,18H,12-14,17H2,1-4H3. The highest BCUT2D eigenvalue weighted by atomic mass is 16.6. The summed E-state index contributed by atoms with van der Waals surface area (Å²) in [7, 11) is 1.65.